The van der Waals surface area contributed by atoms with E-state index in [9.17, 15) is 14.5 Å². The predicted molar refractivity (Wildman–Crippen MR) is 127 cm³/mol. The summed E-state index contributed by atoms with van der Waals surface area (Å²) < 4.78 is 0. The summed E-state index contributed by atoms with van der Waals surface area (Å²) >= 11 is 1.44. The maximum absolute atomic E-state index is 11.2. The van der Waals surface area contributed by atoms with Crippen LogP contribution in [0.3, 0.4) is 0 Å². The van der Waals surface area contributed by atoms with E-state index in [0.717, 1.165) is 54.6 Å². The third-order valence-electron chi connectivity index (χ3n) is 4.35. The molecule has 1 aromatic rings. The third kappa shape index (κ3) is 9.21. The Morgan fingerprint density at radius 1 is 1.29 bits per heavy atom. The highest BCUT2D eigenvalue weighted by molar-refractivity contribution is 8.03. The lowest BCUT2D eigenvalue weighted by Gasteiger charge is -2.05. The SMILES string of the molecule is C=C(/N=C1/NC(CC)=C(C=O)/C1=C/C)Sc1cccnc1.CCCCCCC(=O)N=O. The minimum atomic E-state index is -0.517. The second-order valence-corrected chi connectivity index (χ2v) is 7.78. The molecule has 0 atom stereocenters. The minimum absolute atomic E-state index is 0.323. The van der Waals surface area contributed by atoms with Crippen molar-refractivity contribution in [3.05, 3.63) is 64.0 Å². The first kappa shape index (κ1) is 26.2. The van der Waals surface area contributed by atoms with Gasteiger partial charge in [-0.1, -0.05) is 57.5 Å². The second kappa shape index (κ2) is 15.0. The number of amidine groups is 1. The molecule has 1 aliphatic rings. The van der Waals surface area contributed by atoms with E-state index >= 15 is 0 Å². The molecule has 8 heteroatoms. The lowest BCUT2D eigenvalue weighted by Crippen LogP contribution is -2.17. The number of allylic oxidation sites excluding steroid dienone is 2. The Morgan fingerprint density at radius 3 is 2.61 bits per heavy atom. The number of aromatic nitrogens is 1. The molecule has 0 saturated carbocycles. The Balaban J connectivity index is 0.000000407. The summed E-state index contributed by atoms with van der Waals surface area (Å²) in [6, 6.07) is 3.82. The van der Waals surface area contributed by atoms with Gasteiger partial charge in [0, 0.05) is 45.7 Å². The summed E-state index contributed by atoms with van der Waals surface area (Å²) in [5, 5.41) is 6.14. The number of unbranched alkanes of at least 4 members (excludes halogenated alkanes) is 3. The monoisotopic (exact) mass is 442 g/mol. The summed E-state index contributed by atoms with van der Waals surface area (Å²) in [5.74, 6) is 0.161. The highest BCUT2D eigenvalue weighted by atomic mass is 32.2. The third-order valence-corrected chi connectivity index (χ3v) is 5.16. The van der Waals surface area contributed by atoms with Gasteiger partial charge in [0.2, 0.25) is 0 Å². The van der Waals surface area contributed by atoms with Gasteiger partial charge in [-0.25, -0.2) is 4.99 Å². The molecule has 0 aromatic carbocycles. The van der Waals surface area contributed by atoms with Crippen LogP contribution in [0, 0.1) is 4.91 Å². The van der Waals surface area contributed by atoms with Crippen molar-refractivity contribution in [1.82, 2.24) is 10.3 Å². The van der Waals surface area contributed by atoms with Crippen molar-refractivity contribution in [2.24, 2.45) is 10.2 Å². The smallest absolute Gasteiger partial charge is 0.286 e. The lowest BCUT2D eigenvalue weighted by molar-refractivity contribution is -0.118. The molecule has 0 saturated heterocycles. The van der Waals surface area contributed by atoms with Crippen molar-refractivity contribution >= 4 is 29.8 Å². The number of nitroso groups, excluding NO2 is 1. The van der Waals surface area contributed by atoms with Crippen molar-refractivity contribution in [2.75, 3.05) is 0 Å². The molecule has 1 aliphatic heterocycles. The highest BCUT2D eigenvalue weighted by Crippen LogP contribution is 2.28. The van der Waals surface area contributed by atoms with Gasteiger partial charge in [-0.05, 0) is 31.9 Å². The second-order valence-electron chi connectivity index (χ2n) is 6.63. The molecule has 0 unspecified atom stereocenters. The van der Waals surface area contributed by atoms with E-state index in [1.165, 1.54) is 11.8 Å². The molecule has 2 rings (SSSR count). The van der Waals surface area contributed by atoms with Crippen LogP contribution in [0.5, 0.6) is 0 Å². The maximum Gasteiger partial charge on any atom is 0.286 e. The largest absolute Gasteiger partial charge is 0.343 e. The predicted octanol–water partition coefficient (Wildman–Crippen LogP) is 5.71. The fourth-order valence-electron chi connectivity index (χ4n) is 2.80. The number of carbonyl (C=O) groups excluding carboxylic acids is 2. The zero-order valence-electron chi connectivity index (χ0n) is 18.4. The van der Waals surface area contributed by atoms with E-state index < -0.39 is 5.91 Å². The van der Waals surface area contributed by atoms with Gasteiger partial charge in [0.25, 0.3) is 5.91 Å². The Kier molecular flexibility index (Phi) is 12.7. The summed E-state index contributed by atoms with van der Waals surface area (Å²) in [7, 11) is 0. The first-order valence-electron chi connectivity index (χ1n) is 10.3. The molecule has 166 valence electrons. The zero-order valence-corrected chi connectivity index (χ0v) is 19.2. The molecule has 2 heterocycles. The van der Waals surface area contributed by atoms with Crippen LogP contribution in [0.1, 0.15) is 59.3 Å². The number of amides is 1. The van der Waals surface area contributed by atoms with Crippen LogP contribution in [-0.2, 0) is 9.59 Å². The van der Waals surface area contributed by atoms with E-state index in [2.05, 4.69) is 34.0 Å². The quantitative estimate of drug-likeness (QED) is 0.216. The Labute approximate surface area is 188 Å². The van der Waals surface area contributed by atoms with Gasteiger partial charge in [-0.15, -0.1) is 4.91 Å². The number of pyridine rings is 1. The fourth-order valence-corrected chi connectivity index (χ4v) is 3.47. The van der Waals surface area contributed by atoms with Crippen LogP contribution in [0.2, 0.25) is 0 Å². The molecule has 1 amide bonds. The van der Waals surface area contributed by atoms with Crippen LogP contribution in [-0.4, -0.2) is 23.0 Å². The van der Waals surface area contributed by atoms with Crippen LogP contribution in [0.25, 0.3) is 0 Å². The molecule has 0 bridgehead atoms. The van der Waals surface area contributed by atoms with E-state index in [1.807, 2.05) is 32.1 Å². The number of hydrogen-bond acceptors (Lipinski definition) is 6. The van der Waals surface area contributed by atoms with Crippen molar-refractivity contribution < 1.29 is 9.59 Å². The van der Waals surface area contributed by atoms with Gasteiger partial charge >= 0.3 is 0 Å². The Hall–Kier alpha value is -2.87. The molecule has 1 aromatic heterocycles. The van der Waals surface area contributed by atoms with Crippen LogP contribution in [0.15, 0.2) is 74.1 Å². The first-order chi connectivity index (χ1) is 15.0. The van der Waals surface area contributed by atoms with Crippen LogP contribution in [0.4, 0.5) is 0 Å². The standard InChI is InChI=1S/C16H17N3OS.C7H13NO2/c1-4-13-14(10-20)15(5-2)19-16(13)18-11(3)21-12-7-6-8-17-9-12;1-2-3-4-5-6-7(9)8-10/h4,6-10H,3,5H2,1-2H3,(H,18,19);2-6H2,1H3/b13-4-;. The van der Waals surface area contributed by atoms with Gasteiger partial charge in [-0.2, -0.15) is 0 Å². The number of rotatable bonds is 10. The van der Waals surface area contributed by atoms with Crippen molar-refractivity contribution in [3.8, 4) is 0 Å². The molecule has 1 N–H and O–H groups in total. The van der Waals surface area contributed by atoms with E-state index in [4.69, 9.17) is 0 Å². The van der Waals surface area contributed by atoms with Crippen molar-refractivity contribution in [1.29, 1.82) is 0 Å². The number of aldehydes is 1. The van der Waals surface area contributed by atoms with Crippen molar-refractivity contribution in [2.45, 2.75) is 64.2 Å². The van der Waals surface area contributed by atoms with Gasteiger partial charge in [0.1, 0.15) is 5.84 Å². The van der Waals surface area contributed by atoms with Gasteiger partial charge in [0.15, 0.2) is 6.29 Å². The lowest BCUT2D eigenvalue weighted by atomic mass is 10.1. The summed E-state index contributed by atoms with van der Waals surface area (Å²) in [5.41, 5.74) is 2.41. The van der Waals surface area contributed by atoms with E-state index in [-0.39, 0.29) is 0 Å². The first-order valence-corrected chi connectivity index (χ1v) is 11.2. The molecule has 0 aliphatic carbocycles. The molecule has 7 nitrogen and oxygen atoms in total. The average Bonchev–Trinajstić information content (AvgIpc) is 3.13. The van der Waals surface area contributed by atoms with Crippen LogP contribution >= 0.6 is 11.8 Å². The van der Waals surface area contributed by atoms with Crippen molar-refractivity contribution in [3.63, 3.8) is 0 Å². The number of nitrogens with one attached hydrogen (secondary N) is 1. The van der Waals surface area contributed by atoms with Gasteiger partial charge in [0.05, 0.1) is 5.03 Å². The normalized spacial score (nSPS) is 15.3. The Bertz CT molecular complexity index is 861. The number of nitrogens with zero attached hydrogens (tertiary/aromatic N) is 3. The van der Waals surface area contributed by atoms with Gasteiger partial charge in [-0.3, -0.25) is 14.6 Å². The zero-order chi connectivity index (χ0) is 23.1. The topological polar surface area (TPSA) is 101 Å². The molecule has 0 spiro atoms. The maximum atomic E-state index is 11.2. The van der Waals surface area contributed by atoms with Gasteiger partial charge < -0.3 is 5.32 Å². The number of aliphatic imine (C=N–C) groups is 1. The number of carbonyl (C=O) groups is 2. The van der Waals surface area contributed by atoms with E-state index in [1.54, 1.807) is 12.4 Å². The van der Waals surface area contributed by atoms with Crippen LogP contribution < -0.4 is 5.32 Å². The molecular weight excluding hydrogens is 412 g/mol. The average molecular weight is 443 g/mol. The fraction of sp³-hybridized carbons (Fsp3) is 0.391. The minimum Gasteiger partial charge on any atom is -0.343 e. The molecule has 0 radical (unpaired) electrons. The molecular formula is C23H30N4O3S. The number of hydrogen-bond donors (Lipinski definition) is 1. The van der Waals surface area contributed by atoms with E-state index in [0.29, 0.717) is 22.9 Å². The molecule has 0 fully saturated rings. The summed E-state index contributed by atoms with van der Waals surface area (Å²) in [6.45, 7) is 9.95. The summed E-state index contributed by atoms with van der Waals surface area (Å²) in [6.07, 6.45) is 11.4. The summed E-state index contributed by atoms with van der Waals surface area (Å²) in [4.78, 5) is 40.6. The Morgan fingerprint density at radius 2 is 2.06 bits per heavy atom. The number of thioether (sulfide) groups is 1. The highest BCUT2D eigenvalue weighted by Gasteiger charge is 2.23. The molecule has 31 heavy (non-hydrogen) atoms.